The normalized spacial score (nSPS) is 24.8. The van der Waals surface area contributed by atoms with Crippen LogP contribution in [0.2, 0.25) is 0 Å². The van der Waals surface area contributed by atoms with Crippen molar-refractivity contribution in [3.8, 4) is 12.3 Å². The van der Waals surface area contributed by atoms with Gasteiger partial charge in [-0.3, -0.25) is 14.4 Å². The molecule has 11 nitrogen and oxygen atoms in total. The average Bonchev–Trinajstić information content (AvgIpc) is 2.63. The van der Waals surface area contributed by atoms with Crippen molar-refractivity contribution in [1.29, 1.82) is 0 Å². The van der Waals surface area contributed by atoms with Crippen molar-refractivity contribution in [2.45, 2.75) is 51.5 Å². The number of ether oxygens (including phenoxy) is 6. The number of carbonyl (C=O) groups is 4. The Morgan fingerprint density at radius 1 is 0.938 bits per heavy atom. The minimum Gasteiger partial charge on any atom is -1.00 e. The Labute approximate surface area is 197 Å². The van der Waals surface area contributed by atoms with E-state index >= 15 is 0 Å². The van der Waals surface area contributed by atoms with Crippen LogP contribution in [0.5, 0.6) is 0 Å². The largest absolute Gasteiger partial charge is 1.00 e. The molecule has 1 saturated heterocycles. The number of hydrogen-bond donors (Lipinski definition) is 0. The standard InChI is InChI=1S/C20H30NO10.BrH/c1-8-9-21(5,6)10-11-27-20-18(30-14(4)24)16(29-13(3)23)15(28-12(2)22)17(31-20)19(25)26-7;/h1,15-18,20H,9-11H2,2-7H3;1H/q+1;/p-1/t15-,16-,17-,18+,20+;/m0./s1. The number of rotatable bonds is 9. The van der Waals surface area contributed by atoms with Crippen LogP contribution >= 0.6 is 0 Å². The van der Waals surface area contributed by atoms with Crippen molar-refractivity contribution in [1.82, 2.24) is 0 Å². The molecule has 182 valence electrons. The van der Waals surface area contributed by atoms with E-state index in [9.17, 15) is 19.2 Å². The molecule has 0 bridgehead atoms. The summed E-state index contributed by atoms with van der Waals surface area (Å²) in [4.78, 5) is 47.4. The van der Waals surface area contributed by atoms with E-state index < -0.39 is 54.6 Å². The summed E-state index contributed by atoms with van der Waals surface area (Å²) in [6.07, 6.45) is -1.54. The third-order valence-corrected chi connectivity index (χ3v) is 4.33. The molecule has 0 aromatic carbocycles. The highest BCUT2D eigenvalue weighted by Gasteiger charge is 2.55. The maximum atomic E-state index is 12.3. The Hall–Kier alpha value is -2.20. The van der Waals surface area contributed by atoms with Gasteiger partial charge >= 0.3 is 23.9 Å². The number of hydrogen-bond acceptors (Lipinski definition) is 10. The number of likely N-dealkylation sites (N-methyl/N-ethyl adjacent to an activating group) is 1. The van der Waals surface area contributed by atoms with Gasteiger partial charge in [-0.15, -0.1) is 6.42 Å². The van der Waals surface area contributed by atoms with E-state index in [0.717, 1.165) is 27.9 Å². The second-order valence-corrected chi connectivity index (χ2v) is 7.56. The van der Waals surface area contributed by atoms with Crippen LogP contribution < -0.4 is 17.0 Å². The number of carbonyl (C=O) groups excluding carboxylic acids is 4. The molecule has 0 aromatic rings. The van der Waals surface area contributed by atoms with Crippen LogP contribution in [-0.2, 0) is 47.6 Å². The lowest BCUT2D eigenvalue weighted by atomic mass is 9.97. The van der Waals surface area contributed by atoms with Gasteiger partial charge in [-0.1, -0.05) is 0 Å². The van der Waals surface area contributed by atoms with Gasteiger partial charge in [-0.05, 0) is 5.92 Å². The Morgan fingerprint density at radius 3 is 1.91 bits per heavy atom. The molecule has 0 spiro atoms. The summed E-state index contributed by atoms with van der Waals surface area (Å²) in [5, 5.41) is 0. The molecule has 1 aliphatic rings. The smallest absolute Gasteiger partial charge is 0.339 e. The number of terminal acetylenes is 1. The first-order valence-electron chi connectivity index (χ1n) is 9.54. The lowest BCUT2D eigenvalue weighted by Gasteiger charge is -2.43. The molecule has 32 heavy (non-hydrogen) atoms. The predicted molar refractivity (Wildman–Crippen MR) is 104 cm³/mol. The SMILES string of the molecule is C#CC[N+](C)(C)CCO[C@@H]1O[C@H](C(=O)OC)[C@@H](OC(C)=O)[C@H](OC(C)=O)[C@H]1OC(C)=O.[Br-]. The summed E-state index contributed by atoms with van der Waals surface area (Å²) in [5.41, 5.74) is 0. The molecule has 0 aliphatic carbocycles. The van der Waals surface area contributed by atoms with Crippen LogP contribution in [-0.4, -0.2) is 100.0 Å². The van der Waals surface area contributed by atoms with Gasteiger partial charge in [0.15, 0.2) is 30.7 Å². The van der Waals surface area contributed by atoms with E-state index in [1.54, 1.807) is 0 Å². The monoisotopic (exact) mass is 523 g/mol. The summed E-state index contributed by atoms with van der Waals surface area (Å²) >= 11 is 0. The molecule has 5 atom stereocenters. The summed E-state index contributed by atoms with van der Waals surface area (Å²) in [7, 11) is 4.90. The molecule has 1 heterocycles. The van der Waals surface area contributed by atoms with Crippen molar-refractivity contribution in [3.05, 3.63) is 0 Å². The van der Waals surface area contributed by atoms with Gasteiger partial charge < -0.3 is 49.9 Å². The van der Waals surface area contributed by atoms with Gasteiger partial charge in [-0.2, -0.15) is 0 Å². The fraction of sp³-hybridized carbons (Fsp3) is 0.700. The predicted octanol–water partition coefficient (Wildman–Crippen LogP) is -3.59. The molecule has 1 aliphatic heterocycles. The lowest BCUT2D eigenvalue weighted by Crippen LogP contribution is -3.00. The topological polar surface area (TPSA) is 124 Å². The molecule has 0 radical (unpaired) electrons. The van der Waals surface area contributed by atoms with Crippen LogP contribution in [0.1, 0.15) is 20.8 Å². The zero-order valence-electron chi connectivity index (χ0n) is 19.0. The Balaban J connectivity index is 0.00000961. The highest BCUT2D eigenvalue weighted by atomic mass is 79.9. The third-order valence-electron chi connectivity index (χ3n) is 4.33. The van der Waals surface area contributed by atoms with Crippen LogP contribution in [0, 0.1) is 12.3 Å². The van der Waals surface area contributed by atoms with E-state index in [2.05, 4.69) is 5.92 Å². The minimum absolute atomic E-state index is 0. The second kappa shape index (κ2) is 13.4. The van der Waals surface area contributed by atoms with Crippen molar-refractivity contribution in [2.24, 2.45) is 0 Å². The van der Waals surface area contributed by atoms with Crippen LogP contribution in [0.3, 0.4) is 0 Å². The Morgan fingerprint density at radius 2 is 1.44 bits per heavy atom. The van der Waals surface area contributed by atoms with Crippen molar-refractivity contribution in [2.75, 3.05) is 40.9 Å². The Kier molecular flexibility index (Phi) is 12.5. The van der Waals surface area contributed by atoms with E-state index in [0.29, 0.717) is 17.6 Å². The summed E-state index contributed by atoms with van der Waals surface area (Å²) in [6.45, 7) is 4.38. The fourth-order valence-electron chi connectivity index (χ4n) is 2.96. The first kappa shape index (κ1) is 29.8. The third kappa shape index (κ3) is 9.12. The summed E-state index contributed by atoms with van der Waals surface area (Å²) in [6, 6.07) is 0. The van der Waals surface area contributed by atoms with Crippen molar-refractivity contribution >= 4 is 23.9 Å². The number of halogens is 1. The van der Waals surface area contributed by atoms with E-state index in [4.69, 9.17) is 34.8 Å². The highest BCUT2D eigenvalue weighted by molar-refractivity contribution is 5.77. The molecule has 1 rings (SSSR count). The molecule has 0 N–H and O–H groups in total. The maximum Gasteiger partial charge on any atom is 0.339 e. The Bertz CT molecular complexity index is 720. The lowest BCUT2D eigenvalue weighted by molar-refractivity contribution is -0.883. The number of quaternary nitrogens is 1. The first-order chi connectivity index (χ1) is 14.4. The van der Waals surface area contributed by atoms with Crippen LogP contribution in [0.25, 0.3) is 0 Å². The number of esters is 4. The quantitative estimate of drug-likeness (QED) is 0.129. The molecule has 0 unspecified atom stereocenters. The molecular weight excluding hydrogens is 494 g/mol. The van der Waals surface area contributed by atoms with E-state index in [1.807, 2.05) is 14.1 Å². The van der Waals surface area contributed by atoms with Crippen molar-refractivity contribution in [3.63, 3.8) is 0 Å². The average molecular weight is 524 g/mol. The van der Waals surface area contributed by atoms with E-state index in [1.165, 1.54) is 0 Å². The second-order valence-electron chi connectivity index (χ2n) is 7.56. The zero-order valence-corrected chi connectivity index (χ0v) is 20.6. The molecule has 0 aromatic heterocycles. The summed E-state index contributed by atoms with van der Waals surface area (Å²) < 4.78 is 32.3. The van der Waals surface area contributed by atoms with Gasteiger partial charge in [0.25, 0.3) is 0 Å². The van der Waals surface area contributed by atoms with Gasteiger partial charge in [0, 0.05) is 20.8 Å². The minimum atomic E-state index is -1.48. The maximum absolute atomic E-state index is 12.3. The molecule has 0 amide bonds. The van der Waals surface area contributed by atoms with Crippen LogP contribution in [0.15, 0.2) is 0 Å². The van der Waals surface area contributed by atoms with Gasteiger partial charge in [-0.25, -0.2) is 4.79 Å². The first-order valence-corrected chi connectivity index (χ1v) is 9.54. The number of nitrogens with zero attached hydrogens (tertiary/aromatic N) is 1. The fourth-order valence-corrected chi connectivity index (χ4v) is 2.96. The number of methoxy groups -OCH3 is 1. The van der Waals surface area contributed by atoms with Gasteiger partial charge in [0.1, 0.15) is 13.1 Å². The van der Waals surface area contributed by atoms with E-state index in [-0.39, 0.29) is 23.6 Å². The highest BCUT2D eigenvalue weighted by Crippen LogP contribution is 2.30. The van der Waals surface area contributed by atoms with Crippen molar-refractivity contribution < 1.29 is 69.1 Å². The molecule has 12 heteroatoms. The van der Waals surface area contributed by atoms with Gasteiger partial charge in [0.05, 0.1) is 27.8 Å². The van der Waals surface area contributed by atoms with Gasteiger partial charge in [0.2, 0.25) is 0 Å². The molecular formula is C20H30BrNO10. The molecule has 1 fully saturated rings. The summed E-state index contributed by atoms with van der Waals surface area (Å²) in [5.74, 6) is -0.570. The zero-order chi connectivity index (χ0) is 23.8. The van der Waals surface area contributed by atoms with Crippen LogP contribution in [0.4, 0.5) is 0 Å². The molecule has 0 saturated carbocycles.